The highest BCUT2D eigenvalue weighted by atomic mass is 16.5. The van der Waals surface area contributed by atoms with Crippen LogP contribution in [0.25, 0.3) is 0 Å². The van der Waals surface area contributed by atoms with E-state index in [0.29, 0.717) is 12.3 Å². The molecule has 1 aliphatic rings. The molecule has 1 aromatic heterocycles. The minimum Gasteiger partial charge on any atom is -0.466 e. The van der Waals surface area contributed by atoms with Crippen molar-refractivity contribution in [2.24, 2.45) is 5.92 Å². The first-order chi connectivity index (χ1) is 9.24. The normalized spacial score (nSPS) is 15.9. The molecular weight excluding hydrogens is 242 g/mol. The fraction of sp³-hybridized carbons (Fsp3) is 0.500. The second-order valence-corrected chi connectivity index (χ2v) is 4.53. The largest absolute Gasteiger partial charge is 0.466 e. The van der Waals surface area contributed by atoms with Crippen molar-refractivity contribution in [3.05, 3.63) is 24.0 Å². The number of aromatic nitrogens is 1. The predicted octanol–water partition coefficient (Wildman–Crippen LogP) is 1.73. The van der Waals surface area contributed by atoms with Crippen molar-refractivity contribution in [3.63, 3.8) is 0 Å². The molecule has 0 radical (unpaired) electrons. The Labute approximate surface area is 112 Å². The summed E-state index contributed by atoms with van der Waals surface area (Å²) >= 11 is 0. The number of esters is 1. The highest BCUT2D eigenvalue weighted by molar-refractivity contribution is 5.72. The van der Waals surface area contributed by atoms with Gasteiger partial charge in [-0.25, -0.2) is 4.98 Å². The number of nitriles is 1. The Morgan fingerprint density at radius 2 is 2.26 bits per heavy atom. The van der Waals surface area contributed by atoms with E-state index in [-0.39, 0.29) is 11.9 Å². The molecule has 5 heteroatoms. The number of nitrogens with zero attached hydrogens (tertiary/aromatic N) is 3. The fourth-order valence-electron chi connectivity index (χ4n) is 2.27. The third kappa shape index (κ3) is 3.22. The minimum absolute atomic E-state index is 0.0162. The first-order valence-electron chi connectivity index (χ1n) is 6.52. The highest BCUT2D eigenvalue weighted by Gasteiger charge is 2.26. The minimum atomic E-state index is -0.0832. The molecule has 1 saturated heterocycles. The van der Waals surface area contributed by atoms with E-state index in [1.807, 2.05) is 19.1 Å². The van der Waals surface area contributed by atoms with Crippen molar-refractivity contribution in [2.45, 2.75) is 19.8 Å². The van der Waals surface area contributed by atoms with Crippen molar-refractivity contribution >= 4 is 11.7 Å². The van der Waals surface area contributed by atoms with Crippen molar-refractivity contribution in [1.29, 1.82) is 5.26 Å². The molecule has 0 bridgehead atoms. The fourth-order valence-corrected chi connectivity index (χ4v) is 2.27. The summed E-state index contributed by atoms with van der Waals surface area (Å²) in [4.78, 5) is 17.9. The lowest BCUT2D eigenvalue weighted by atomic mass is 9.97. The molecule has 0 saturated carbocycles. The summed E-state index contributed by atoms with van der Waals surface area (Å²) in [5.41, 5.74) is 1.42. The molecule has 2 heterocycles. The SMILES string of the molecule is CCOC(=O)C1CCN(c2ccc(C#N)nc2)CC1. The van der Waals surface area contributed by atoms with Crippen LogP contribution < -0.4 is 4.90 Å². The number of carbonyl (C=O) groups is 1. The second-order valence-electron chi connectivity index (χ2n) is 4.53. The summed E-state index contributed by atoms with van der Waals surface area (Å²) in [6.45, 7) is 3.90. The van der Waals surface area contributed by atoms with Gasteiger partial charge in [0.25, 0.3) is 0 Å². The van der Waals surface area contributed by atoms with E-state index in [2.05, 4.69) is 9.88 Å². The molecule has 100 valence electrons. The van der Waals surface area contributed by atoms with Gasteiger partial charge in [0.15, 0.2) is 0 Å². The van der Waals surface area contributed by atoms with Crippen LogP contribution in [0.5, 0.6) is 0 Å². The van der Waals surface area contributed by atoms with Crippen LogP contribution in [0.3, 0.4) is 0 Å². The van der Waals surface area contributed by atoms with Crippen LogP contribution >= 0.6 is 0 Å². The van der Waals surface area contributed by atoms with Gasteiger partial charge in [-0.1, -0.05) is 0 Å². The molecule has 1 aromatic rings. The van der Waals surface area contributed by atoms with Gasteiger partial charge in [0.2, 0.25) is 0 Å². The van der Waals surface area contributed by atoms with Crippen LogP contribution in [0.4, 0.5) is 5.69 Å². The van der Waals surface area contributed by atoms with Crippen LogP contribution in [-0.2, 0) is 9.53 Å². The summed E-state index contributed by atoms with van der Waals surface area (Å²) in [5, 5.41) is 8.71. The number of anilines is 1. The van der Waals surface area contributed by atoms with Gasteiger partial charge in [-0.05, 0) is 31.9 Å². The number of hydrogen-bond donors (Lipinski definition) is 0. The Bertz CT molecular complexity index is 470. The van der Waals surface area contributed by atoms with Crippen LogP contribution in [0.15, 0.2) is 18.3 Å². The zero-order valence-electron chi connectivity index (χ0n) is 11.0. The monoisotopic (exact) mass is 259 g/mol. The smallest absolute Gasteiger partial charge is 0.309 e. The van der Waals surface area contributed by atoms with Gasteiger partial charge < -0.3 is 9.64 Å². The van der Waals surface area contributed by atoms with Crippen molar-refractivity contribution in [3.8, 4) is 6.07 Å². The molecule has 0 unspecified atom stereocenters. The van der Waals surface area contributed by atoms with E-state index in [1.165, 1.54) is 0 Å². The first-order valence-corrected chi connectivity index (χ1v) is 6.52. The zero-order chi connectivity index (χ0) is 13.7. The molecular formula is C14H17N3O2. The summed E-state index contributed by atoms with van der Waals surface area (Å²) < 4.78 is 5.05. The third-order valence-electron chi connectivity index (χ3n) is 3.34. The lowest BCUT2D eigenvalue weighted by Gasteiger charge is -2.32. The number of ether oxygens (including phenoxy) is 1. The van der Waals surface area contributed by atoms with Gasteiger partial charge in [0.05, 0.1) is 24.4 Å². The lowest BCUT2D eigenvalue weighted by Crippen LogP contribution is -2.37. The average molecular weight is 259 g/mol. The molecule has 1 aliphatic heterocycles. The molecule has 0 atom stereocenters. The molecule has 1 fully saturated rings. The Morgan fingerprint density at radius 3 is 2.79 bits per heavy atom. The number of carbonyl (C=O) groups excluding carboxylic acids is 1. The van der Waals surface area contributed by atoms with Crippen LogP contribution in [0.1, 0.15) is 25.5 Å². The molecule has 19 heavy (non-hydrogen) atoms. The quantitative estimate of drug-likeness (QED) is 0.773. The van der Waals surface area contributed by atoms with Gasteiger partial charge in [-0.2, -0.15) is 5.26 Å². The van der Waals surface area contributed by atoms with Crippen molar-refractivity contribution < 1.29 is 9.53 Å². The van der Waals surface area contributed by atoms with Crippen molar-refractivity contribution in [1.82, 2.24) is 4.98 Å². The number of rotatable bonds is 3. The maximum absolute atomic E-state index is 11.6. The van der Waals surface area contributed by atoms with E-state index >= 15 is 0 Å². The Kier molecular flexibility index (Phi) is 4.35. The maximum atomic E-state index is 11.6. The van der Waals surface area contributed by atoms with E-state index in [9.17, 15) is 4.79 Å². The van der Waals surface area contributed by atoms with E-state index in [0.717, 1.165) is 31.6 Å². The maximum Gasteiger partial charge on any atom is 0.309 e. The zero-order valence-corrected chi connectivity index (χ0v) is 11.0. The molecule has 0 N–H and O–H groups in total. The Morgan fingerprint density at radius 1 is 1.53 bits per heavy atom. The first kappa shape index (κ1) is 13.3. The highest BCUT2D eigenvalue weighted by Crippen LogP contribution is 2.23. The van der Waals surface area contributed by atoms with Gasteiger partial charge in [0.1, 0.15) is 11.8 Å². The predicted molar refractivity (Wildman–Crippen MR) is 70.5 cm³/mol. The Hall–Kier alpha value is -2.09. The topological polar surface area (TPSA) is 66.2 Å². The number of piperidine rings is 1. The summed E-state index contributed by atoms with van der Waals surface area (Å²) in [6, 6.07) is 5.62. The molecule has 2 rings (SSSR count). The molecule has 0 spiro atoms. The van der Waals surface area contributed by atoms with Gasteiger partial charge in [-0.15, -0.1) is 0 Å². The summed E-state index contributed by atoms with van der Waals surface area (Å²) in [7, 11) is 0. The molecule has 0 aromatic carbocycles. The second kappa shape index (κ2) is 6.19. The van der Waals surface area contributed by atoms with E-state index in [1.54, 1.807) is 12.3 Å². The number of hydrogen-bond acceptors (Lipinski definition) is 5. The molecule has 0 amide bonds. The molecule has 0 aliphatic carbocycles. The summed E-state index contributed by atoms with van der Waals surface area (Å²) in [5.74, 6) is -0.0670. The van der Waals surface area contributed by atoms with Gasteiger partial charge in [0, 0.05) is 13.1 Å². The number of pyridine rings is 1. The third-order valence-corrected chi connectivity index (χ3v) is 3.34. The Balaban J connectivity index is 1.92. The van der Waals surface area contributed by atoms with E-state index in [4.69, 9.17) is 10.00 Å². The average Bonchev–Trinajstić information content (AvgIpc) is 2.48. The standard InChI is InChI=1S/C14H17N3O2/c1-2-19-14(18)11-5-7-17(8-6-11)13-4-3-12(9-15)16-10-13/h3-4,10-11H,2,5-8H2,1H3. The van der Waals surface area contributed by atoms with Crippen LogP contribution in [0.2, 0.25) is 0 Å². The van der Waals surface area contributed by atoms with Crippen LogP contribution in [0, 0.1) is 17.2 Å². The van der Waals surface area contributed by atoms with Gasteiger partial charge >= 0.3 is 5.97 Å². The van der Waals surface area contributed by atoms with Crippen LogP contribution in [-0.4, -0.2) is 30.6 Å². The lowest BCUT2D eigenvalue weighted by molar-refractivity contribution is -0.148. The van der Waals surface area contributed by atoms with Gasteiger partial charge in [-0.3, -0.25) is 4.79 Å². The van der Waals surface area contributed by atoms with Crippen molar-refractivity contribution in [2.75, 3.05) is 24.6 Å². The molecule has 5 nitrogen and oxygen atoms in total. The van der Waals surface area contributed by atoms with E-state index < -0.39 is 0 Å². The summed E-state index contributed by atoms with van der Waals surface area (Å²) in [6.07, 6.45) is 3.32.